The summed E-state index contributed by atoms with van der Waals surface area (Å²) in [6, 6.07) is 4.30. The van der Waals surface area contributed by atoms with Crippen LogP contribution in [0.5, 0.6) is 0 Å². The molecule has 3 nitrogen and oxygen atoms in total. The number of hydrogen-bond acceptors (Lipinski definition) is 3. The molecule has 0 radical (unpaired) electrons. The molecular formula is C15H18ClFO3. The average Bonchev–Trinajstić information content (AvgIpc) is 2.87. The van der Waals surface area contributed by atoms with Crippen LogP contribution in [0.4, 0.5) is 4.39 Å². The molecule has 1 heterocycles. The van der Waals surface area contributed by atoms with Gasteiger partial charge in [-0.15, -0.1) is 0 Å². The van der Waals surface area contributed by atoms with Crippen molar-refractivity contribution in [3.63, 3.8) is 0 Å². The molecule has 110 valence electrons. The molecule has 0 unspecified atom stereocenters. The second-order valence-electron chi connectivity index (χ2n) is 5.74. The Morgan fingerprint density at radius 2 is 1.80 bits per heavy atom. The highest BCUT2D eigenvalue weighted by Crippen LogP contribution is 2.42. The van der Waals surface area contributed by atoms with Crippen LogP contribution in [0.25, 0.3) is 0 Å². The van der Waals surface area contributed by atoms with Crippen molar-refractivity contribution < 1.29 is 19.0 Å². The molecule has 1 aromatic rings. The molecule has 2 fully saturated rings. The predicted octanol–water partition coefficient (Wildman–Crippen LogP) is 3.07. The van der Waals surface area contributed by atoms with Gasteiger partial charge in [0, 0.05) is 24.3 Å². The highest BCUT2D eigenvalue weighted by Gasteiger charge is 2.45. The van der Waals surface area contributed by atoms with Gasteiger partial charge in [0.2, 0.25) is 0 Å². The lowest BCUT2D eigenvalue weighted by molar-refractivity contribution is -0.202. The zero-order valence-electron chi connectivity index (χ0n) is 11.2. The first-order valence-electron chi connectivity index (χ1n) is 6.95. The van der Waals surface area contributed by atoms with Crippen molar-refractivity contribution in [2.75, 3.05) is 13.2 Å². The Kier molecular flexibility index (Phi) is 3.75. The Morgan fingerprint density at radius 1 is 1.15 bits per heavy atom. The van der Waals surface area contributed by atoms with E-state index in [0.717, 1.165) is 5.56 Å². The zero-order valence-corrected chi connectivity index (χ0v) is 12.0. The number of hydrogen-bond donors (Lipinski definition) is 1. The third kappa shape index (κ3) is 2.84. The van der Waals surface area contributed by atoms with Crippen LogP contribution in [0.3, 0.4) is 0 Å². The van der Waals surface area contributed by atoms with Crippen LogP contribution in [0.2, 0.25) is 5.02 Å². The Balaban J connectivity index is 1.68. The predicted molar refractivity (Wildman–Crippen MR) is 73.2 cm³/mol. The summed E-state index contributed by atoms with van der Waals surface area (Å²) in [5.74, 6) is -0.847. The van der Waals surface area contributed by atoms with E-state index in [1.807, 2.05) is 0 Å². The maximum absolute atomic E-state index is 13.0. The number of halogens is 2. The highest BCUT2D eigenvalue weighted by atomic mass is 35.5. The number of aliphatic hydroxyl groups is 1. The molecule has 0 bridgehead atoms. The first kappa shape index (κ1) is 14.3. The van der Waals surface area contributed by atoms with Crippen LogP contribution in [0, 0.1) is 5.82 Å². The standard InChI is InChI=1S/C15H18ClFO3/c16-13-9-12(17)2-1-11(13)10-14(18)3-5-15(6-4-14)19-7-8-20-15/h1-2,9,18H,3-8,10H2. The molecule has 1 N–H and O–H groups in total. The molecule has 1 aliphatic carbocycles. The van der Waals surface area contributed by atoms with Crippen molar-refractivity contribution in [2.45, 2.75) is 43.5 Å². The van der Waals surface area contributed by atoms with E-state index in [4.69, 9.17) is 21.1 Å². The summed E-state index contributed by atoms with van der Waals surface area (Å²) < 4.78 is 24.4. The number of ether oxygens (including phenoxy) is 2. The van der Waals surface area contributed by atoms with Crippen LogP contribution < -0.4 is 0 Å². The monoisotopic (exact) mass is 300 g/mol. The summed E-state index contributed by atoms with van der Waals surface area (Å²) in [5, 5.41) is 11.1. The van der Waals surface area contributed by atoms with Gasteiger partial charge in [0.1, 0.15) is 5.82 Å². The minimum atomic E-state index is -0.817. The van der Waals surface area contributed by atoms with Crippen molar-refractivity contribution in [3.8, 4) is 0 Å². The Bertz CT molecular complexity index is 490. The third-order valence-electron chi connectivity index (χ3n) is 4.29. The molecule has 1 aromatic carbocycles. The molecule has 1 aliphatic heterocycles. The maximum atomic E-state index is 13.0. The van der Waals surface area contributed by atoms with E-state index in [0.29, 0.717) is 50.3 Å². The molecule has 1 spiro atoms. The fourth-order valence-electron chi connectivity index (χ4n) is 3.08. The van der Waals surface area contributed by atoms with Crippen molar-refractivity contribution in [1.29, 1.82) is 0 Å². The van der Waals surface area contributed by atoms with Crippen molar-refractivity contribution in [1.82, 2.24) is 0 Å². The smallest absolute Gasteiger partial charge is 0.168 e. The van der Waals surface area contributed by atoms with Crippen molar-refractivity contribution in [3.05, 3.63) is 34.6 Å². The first-order valence-corrected chi connectivity index (χ1v) is 7.32. The summed E-state index contributed by atoms with van der Waals surface area (Å²) in [4.78, 5) is 0. The minimum Gasteiger partial charge on any atom is -0.390 e. The lowest BCUT2D eigenvalue weighted by Crippen LogP contribution is -2.44. The van der Waals surface area contributed by atoms with Gasteiger partial charge in [0.15, 0.2) is 5.79 Å². The van der Waals surface area contributed by atoms with E-state index < -0.39 is 11.4 Å². The second-order valence-corrected chi connectivity index (χ2v) is 6.15. The van der Waals surface area contributed by atoms with Crippen molar-refractivity contribution in [2.24, 2.45) is 0 Å². The molecule has 0 aromatic heterocycles. The summed E-state index contributed by atoms with van der Waals surface area (Å²) in [6.07, 6.45) is 2.99. The number of benzene rings is 1. The maximum Gasteiger partial charge on any atom is 0.168 e. The van der Waals surface area contributed by atoms with Crippen LogP contribution in [-0.4, -0.2) is 29.7 Å². The number of rotatable bonds is 2. The largest absolute Gasteiger partial charge is 0.390 e. The van der Waals surface area contributed by atoms with Gasteiger partial charge in [0.05, 0.1) is 18.8 Å². The third-order valence-corrected chi connectivity index (χ3v) is 4.64. The average molecular weight is 301 g/mol. The van der Waals surface area contributed by atoms with Gasteiger partial charge in [-0.05, 0) is 30.5 Å². The fraction of sp³-hybridized carbons (Fsp3) is 0.600. The van der Waals surface area contributed by atoms with Gasteiger partial charge < -0.3 is 14.6 Å². The summed E-state index contributed by atoms with van der Waals surface area (Å²) >= 11 is 6.03. The van der Waals surface area contributed by atoms with Crippen LogP contribution in [0.1, 0.15) is 31.2 Å². The van der Waals surface area contributed by atoms with E-state index in [-0.39, 0.29) is 5.82 Å². The van der Waals surface area contributed by atoms with Gasteiger partial charge in [-0.25, -0.2) is 4.39 Å². The topological polar surface area (TPSA) is 38.7 Å². The molecular weight excluding hydrogens is 283 g/mol. The SMILES string of the molecule is OC1(Cc2ccc(F)cc2Cl)CCC2(CC1)OCCO2. The van der Waals surface area contributed by atoms with E-state index in [2.05, 4.69) is 0 Å². The first-order chi connectivity index (χ1) is 9.50. The van der Waals surface area contributed by atoms with E-state index >= 15 is 0 Å². The summed E-state index contributed by atoms with van der Waals surface area (Å²) in [5.41, 5.74) is -0.0399. The normalized spacial score (nSPS) is 24.1. The molecule has 0 amide bonds. The molecule has 3 rings (SSSR count). The quantitative estimate of drug-likeness (QED) is 0.912. The van der Waals surface area contributed by atoms with Gasteiger partial charge in [-0.2, -0.15) is 0 Å². The van der Waals surface area contributed by atoms with E-state index in [1.165, 1.54) is 12.1 Å². The van der Waals surface area contributed by atoms with E-state index in [9.17, 15) is 9.50 Å². The summed E-state index contributed by atoms with van der Waals surface area (Å²) in [6.45, 7) is 1.25. The summed E-state index contributed by atoms with van der Waals surface area (Å²) in [7, 11) is 0. The van der Waals surface area contributed by atoms with Crippen LogP contribution >= 0.6 is 11.6 Å². The molecule has 1 saturated heterocycles. The minimum absolute atomic E-state index is 0.360. The fourth-order valence-corrected chi connectivity index (χ4v) is 3.31. The molecule has 0 atom stereocenters. The van der Waals surface area contributed by atoms with Crippen LogP contribution in [-0.2, 0) is 15.9 Å². The Labute approximate surface area is 122 Å². The van der Waals surface area contributed by atoms with Gasteiger partial charge in [-0.1, -0.05) is 17.7 Å². The molecule has 1 saturated carbocycles. The Morgan fingerprint density at radius 3 is 2.40 bits per heavy atom. The highest BCUT2D eigenvalue weighted by molar-refractivity contribution is 6.31. The van der Waals surface area contributed by atoms with Gasteiger partial charge >= 0.3 is 0 Å². The molecule has 5 heteroatoms. The Hall–Kier alpha value is -0.680. The van der Waals surface area contributed by atoms with E-state index in [1.54, 1.807) is 6.07 Å². The van der Waals surface area contributed by atoms with Crippen molar-refractivity contribution >= 4 is 11.6 Å². The van der Waals surface area contributed by atoms with Gasteiger partial charge in [-0.3, -0.25) is 0 Å². The molecule has 2 aliphatic rings. The zero-order chi connectivity index (χ0) is 14.2. The lowest BCUT2D eigenvalue weighted by atomic mass is 9.78. The van der Waals surface area contributed by atoms with Crippen LogP contribution in [0.15, 0.2) is 18.2 Å². The second kappa shape index (κ2) is 5.26. The van der Waals surface area contributed by atoms with Gasteiger partial charge in [0.25, 0.3) is 0 Å². The lowest BCUT2D eigenvalue weighted by Gasteiger charge is -2.40. The molecule has 20 heavy (non-hydrogen) atoms.